The van der Waals surface area contributed by atoms with Crippen LogP contribution in [0.15, 0.2) is 0 Å². The number of rotatable bonds is 4. The second-order valence-electron chi connectivity index (χ2n) is 2.83. The van der Waals surface area contributed by atoms with Gasteiger partial charge in [-0.3, -0.25) is 0 Å². The summed E-state index contributed by atoms with van der Waals surface area (Å²) < 4.78 is 12.4. The van der Waals surface area contributed by atoms with Gasteiger partial charge >= 0.3 is 0 Å². The van der Waals surface area contributed by atoms with Crippen LogP contribution in [0, 0.1) is 0 Å². The van der Waals surface area contributed by atoms with Crippen LogP contribution in [0.5, 0.6) is 0 Å². The molecule has 0 bridgehead atoms. The minimum absolute atomic E-state index is 0.00199. The molecule has 0 amide bonds. The first kappa shape index (κ1) is 9.91. The molecule has 0 radical (unpaired) electrons. The smallest absolute Gasteiger partial charge is 0.216 e. The summed E-state index contributed by atoms with van der Waals surface area (Å²) in [5.74, 6) is -2.08. The summed E-state index contributed by atoms with van der Waals surface area (Å²) in [6.07, 6.45) is 0.941. The topological polar surface area (TPSA) is 32.3 Å². The summed E-state index contributed by atoms with van der Waals surface area (Å²) >= 11 is 0. The Labute approximate surface area is 62.2 Å². The molecule has 4 heteroatoms. The Kier molecular flexibility index (Phi) is 3.90. The average molecular weight is 147 g/mol. The molecule has 0 fully saturated rings. The van der Waals surface area contributed by atoms with Crippen molar-refractivity contribution in [2.45, 2.75) is 32.1 Å². The third-order valence-corrected chi connectivity index (χ3v) is 1.39. The normalized spacial score (nSPS) is 20.0. The fourth-order valence-electron chi connectivity index (χ4n) is 0.505. The van der Waals surface area contributed by atoms with Crippen molar-refractivity contribution in [3.05, 3.63) is 0 Å². The molecule has 0 aromatic rings. The molecule has 0 aliphatic heterocycles. The van der Waals surface area contributed by atoms with Gasteiger partial charge in [0, 0.05) is 0 Å². The minimum atomic E-state index is -2.08. The lowest BCUT2D eigenvalue weighted by Gasteiger charge is -2.17. The van der Waals surface area contributed by atoms with Gasteiger partial charge in [0.05, 0.1) is 6.54 Å². The molecule has 10 heavy (non-hydrogen) atoms. The molecule has 0 aliphatic carbocycles. The Hall–Kier alpha value is -0.0851. The molecule has 0 saturated carbocycles. The van der Waals surface area contributed by atoms with Crippen LogP contribution < -0.4 is 5.32 Å². The number of hydrogen-bond donors (Lipinski definition) is 2. The average Bonchev–Trinajstić information content (AvgIpc) is 1.81. The highest BCUT2D eigenvalue weighted by molar-refractivity contribution is 6.08. The highest BCUT2D eigenvalue weighted by Crippen LogP contribution is 2.02. The molecule has 0 spiro atoms. The molecule has 2 nitrogen and oxygen atoms in total. The molecule has 0 rings (SSSR count). The summed E-state index contributed by atoms with van der Waals surface area (Å²) in [6, 6.07) is 0.266. The second kappa shape index (κ2) is 3.93. The molecule has 0 aromatic carbocycles. The molecule has 0 aromatic heterocycles. The lowest BCUT2D eigenvalue weighted by Crippen LogP contribution is -2.38. The van der Waals surface area contributed by atoms with Gasteiger partial charge in [-0.15, -0.1) is 0 Å². The number of halogens is 1. The predicted octanol–water partition coefficient (Wildman–Crippen LogP) is -0.306. The summed E-state index contributed by atoms with van der Waals surface area (Å²) in [5, 5.41) is 11.5. The van der Waals surface area contributed by atoms with Crippen LogP contribution in [0.4, 0.5) is 4.39 Å². The van der Waals surface area contributed by atoms with Gasteiger partial charge < -0.3 is 10.4 Å². The maximum absolute atomic E-state index is 12.4. The van der Waals surface area contributed by atoms with Gasteiger partial charge in [0.25, 0.3) is 0 Å². The van der Waals surface area contributed by atoms with E-state index in [0.717, 1.165) is 13.2 Å². The maximum Gasteiger partial charge on any atom is 0.216 e. The van der Waals surface area contributed by atoms with Gasteiger partial charge in [-0.2, -0.15) is 0 Å². The largest absolute Gasteiger partial charge is 0.361 e. The van der Waals surface area contributed by atoms with Crippen molar-refractivity contribution in [2.75, 3.05) is 6.54 Å². The number of nitrogens with one attached hydrogen (secondary N) is 1. The van der Waals surface area contributed by atoms with Crippen LogP contribution in [0.25, 0.3) is 0 Å². The SMILES string of the molecule is BCC(C)NCC(C)(O)F. The fraction of sp³-hybridized carbons (Fsp3) is 1.00. The molecule has 0 aliphatic rings. The van der Waals surface area contributed by atoms with Crippen molar-refractivity contribution >= 4 is 7.85 Å². The standard InChI is InChI=1S/C6H15BFNO/c1-5(3-7)9-4-6(2,8)10/h5,9-10H,3-4,7H2,1-2H3. The van der Waals surface area contributed by atoms with E-state index in [1.54, 1.807) is 0 Å². The number of alkyl halides is 1. The highest BCUT2D eigenvalue weighted by atomic mass is 19.2. The van der Waals surface area contributed by atoms with E-state index in [-0.39, 0.29) is 12.6 Å². The lowest BCUT2D eigenvalue weighted by molar-refractivity contribution is -0.0684. The van der Waals surface area contributed by atoms with Crippen molar-refractivity contribution in [2.24, 2.45) is 0 Å². The molecule has 60 valence electrons. The Balaban J connectivity index is 3.36. The van der Waals surface area contributed by atoms with Gasteiger partial charge in [0.2, 0.25) is 5.85 Å². The number of aliphatic hydroxyl groups is 1. The maximum atomic E-state index is 12.4. The molecular weight excluding hydrogens is 132 g/mol. The first-order chi connectivity index (χ1) is 4.45. The van der Waals surface area contributed by atoms with Gasteiger partial charge in [-0.05, 0) is 13.0 Å². The second-order valence-corrected chi connectivity index (χ2v) is 2.83. The van der Waals surface area contributed by atoms with E-state index in [1.165, 1.54) is 0 Å². The van der Waals surface area contributed by atoms with Crippen molar-refractivity contribution in [3.8, 4) is 0 Å². The molecule has 0 saturated heterocycles. The highest BCUT2D eigenvalue weighted by Gasteiger charge is 2.17. The van der Waals surface area contributed by atoms with E-state index in [9.17, 15) is 4.39 Å². The lowest BCUT2D eigenvalue weighted by atomic mass is 9.98. The quantitative estimate of drug-likeness (QED) is 0.534. The van der Waals surface area contributed by atoms with Crippen LogP contribution in [0.1, 0.15) is 13.8 Å². The van der Waals surface area contributed by atoms with Crippen molar-refractivity contribution in [1.82, 2.24) is 5.32 Å². The molecule has 0 heterocycles. The fourth-order valence-corrected chi connectivity index (χ4v) is 0.505. The zero-order chi connectivity index (χ0) is 8.20. The Morgan fingerprint density at radius 1 is 1.80 bits per heavy atom. The Morgan fingerprint density at radius 3 is 2.60 bits per heavy atom. The van der Waals surface area contributed by atoms with E-state index in [0.29, 0.717) is 0 Å². The first-order valence-electron chi connectivity index (χ1n) is 3.60. The Bertz CT molecular complexity index is 94.2. The molecule has 2 unspecified atom stereocenters. The van der Waals surface area contributed by atoms with Gasteiger partial charge in [-0.1, -0.05) is 13.2 Å². The third kappa shape index (κ3) is 6.04. The predicted molar refractivity (Wildman–Crippen MR) is 42.5 cm³/mol. The summed E-state index contributed by atoms with van der Waals surface area (Å²) in [6.45, 7) is 3.09. The molecule has 2 atom stereocenters. The summed E-state index contributed by atoms with van der Waals surface area (Å²) in [7, 11) is 2.00. The molecular formula is C6H15BFNO. The van der Waals surface area contributed by atoms with Crippen LogP contribution in [-0.2, 0) is 0 Å². The summed E-state index contributed by atoms with van der Waals surface area (Å²) in [4.78, 5) is 0. The minimum Gasteiger partial charge on any atom is -0.361 e. The van der Waals surface area contributed by atoms with Crippen LogP contribution in [0.2, 0.25) is 6.32 Å². The van der Waals surface area contributed by atoms with Gasteiger partial charge in [-0.25, -0.2) is 4.39 Å². The van der Waals surface area contributed by atoms with Crippen LogP contribution in [-0.4, -0.2) is 31.4 Å². The van der Waals surface area contributed by atoms with E-state index in [4.69, 9.17) is 5.11 Å². The van der Waals surface area contributed by atoms with E-state index in [1.807, 2.05) is 14.8 Å². The zero-order valence-electron chi connectivity index (χ0n) is 6.82. The van der Waals surface area contributed by atoms with Crippen LogP contribution >= 0.6 is 0 Å². The van der Waals surface area contributed by atoms with Crippen molar-refractivity contribution in [1.29, 1.82) is 0 Å². The van der Waals surface area contributed by atoms with E-state index < -0.39 is 5.85 Å². The molecule has 2 N–H and O–H groups in total. The Morgan fingerprint density at radius 2 is 2.30 bits per heavy atom. The number of hydrogen-bond acceptors (Lipinski definition) is 2. The van der Waals surface area contributed by atoms with Crippen molar-refractivity contribution in [3.63, 3.8) is 0 Å². The van der Waals surface area contributed by atoms with Crippen molar-refractivity contribution < 1.29 is 9.50 Å². The van der Waals surface area contributed by atoms with Gasteiger partial charge in [0.1, 0.15) is 7.85 Å². The first-order valence-corrected chi connectivity index (χ1v) is 3.60. The summed E-state index contributed by atoms with van der Waals surface area (Å²) in [5.41, 5.74) is 0. The van der Waals surface area contributed by atoms with E-state index >= 15 is 0 Å². The van der Waals surface area contributed by atoms with Gasteiger partial charge in [0.15, 0.2) is 0 Å². The van der Waals surface area contributed by atoms with Crippen LogP contribution in [0.3, 0.4) is 0 Å². The monoisotopic (exact) mass is 147 g/mol. The van der Waals surface area contributed by atoms with E-state index in [2.05, 4.69) is 5.32 Å². The third-order valence-electron chi connectivity index (χ3n) is 1.39. The zero-order valence-corrected chi connectivity index (χ0v) is 6.82.